The van der Waals surface area contributed by atoms with Crippen LogP contribution in [0.5, 0.6) is 0 Å². The second-order valence-corrected chi connectivity index (χ2v) is 6.64. The number of nitrogens with one attached hydrogen (secondary N) is 2. The molecule has 1 saturated heterocycles. The van der Waals surface area contributed by atoms with E-state index in [4.69, 9.17) is 4.74 Å². The minimum atomic E-state index is 0.00202. The van der Waals surface area contributed by atoms with E-state index in [1.165, 1.54) is 32.1 Å². The highest BCUT2D eigenvalue weighted by atomic mass is 16.5. The van der Waals surface area contributed by atoms with Gasteiger partial charge in [0.1, 0.15) is 0 Å². The first-order chi connectivity index (χ1) is 10.8. The maximum atomic E-state index is 11.7. The summed E-state index contributed by atoms with van der Waals surface area (Å²) < 4.78 is 5.33. The predicted octanol–water partition coefficient (Wildman–Crippen LogP) is 2.37. The van der Waals surface area contributed by atoms with E-state index in [2.05, 4.69) is 15.5 Å². The first kappa shape index (κ1) is 17.5. The zero-order chi connectivity index (χ0) is 15.5. The number of hydrogen-bond acceptors (Lipinski definition) is 3. The van der Waals surface area contributed by atoms with Crippen molar-refractivity contribution in [2.75, 3.05) is 45.9 Å². The molecule has 2 fully saturated rings. The van der Waals surface area contributed by atoms with Gasteiger partial charge in [0, 0.05) is 26.2 Å². The first-order valence-electron chi connectivity index (χ1n) is 9.16. The van der Waals surface area contributed by atoms with E-state index in [0.29, 0.717) is 0 Å². The Labute approximate surface area is 135 Å². The molecule has 2 N–H and O–H groups in total. The maximum absolute atomic E-state index is 11.7. The minimum Gasteiger partial charge on any atom is -0.379 e. The van der Waals surface area contributed by atoms with Gasteiger partial charge in [0.15, 0.2) is 0 Å². The summed E-state index contributed by atoms with van der Waals surface area (Å²) in [6.45, 7) is 6.55. The minimum absolute atomic E-state index is 0.00202. The van der Waals surface area contributed by atoms with Crippen molar-refractivity contribution in [3.05, 3.63) is 0 Å². The average molecular weight is 311 g/mol. The molecule has 0 atom stereocenters. The maximum Gasteiger partial charge on any atom is 0.314 e. The summed E-state index contributed by atoms with van der Waals surface area (Å²) in [6, 6.07) is 0.00202. The van der Waals surface area contributed by atoms with Crippen molar-refractivity contribution in [2.24, 2.45) is 5.92 Å². The van der Waals surface area contributed by atoms with E-state index in [0.717, 1.165) is 71.1 Å². The lowest BCUT2D eigenvalue weighted by molar-refractivity contribution is 0.0372. The summed E-state index contributed by atoms with van der Waals surface area (Å²) in [5, 5.41) is 5.96. The standard InChI is InChI=1S/C17H33N3O2/c21-17(19-10-8-16-6-2-1-3-7-16)18-9-4-5-11-20-12-14-22-15-13-20/h16H,1-15H2,(H2,18,19,21). The van der Waals surface area contributed by atoms with E-state index in [1.807, 2.05) is 0 Å². The van der Waals surface area contributed by atoms with E-state index in [9.17, 15) is 4.79 Å². The molecule has 128 valence electrons. The number of hydrogen-bond donors (Lipinski definition) is 2. The monoisotopic (exact) mass is 311 g/mol. The van der Waals surface area contributed by atoms with Gasteiger partial charge in [-0.3, -0.25) is 4.90 Å². The average Bonchev–Trinajstić information content (AvgIpc) is 2.56. The third kappa shape index (κ3) is 7.45. The molecule has 0 aromatic heterocycles. The van der Waals surface area contributed by atoms with Crippen LogP contribution in [0.25, 0.3) is 0 Å². The molecule has 1 saturated carbocycles. The third-order valence-corrected chi connectivity index (χ3v) is 4.85. The van der Waals surface area contributed by atoms with Crippen molar-refractivity contribution in [1.29, 1.82) is 0 Å². The van der Waals surface area contributed by atoms with Crippen LogP contribution in [0.1, 0.15) is 51.4 Å². The van der Waals surface area contributed by atoms with Gasteiger partial charge in [-0.25, -0.2) is 4.79 Å². The van der Waals surface area contributed by atoms with Crippen molar-refractivity contribution in [1.82, 2.24) is 15.5 Å². The van der Waals surface area contributed by atoms with Crippen molar-refractivity contribution in [3.8, 4) is 0 Å². The third-order valence-electron chi connectivity index (χ3n) is 4.85. The van der Waals surface area contributed by atoms with Gasteiger partial charge in [-0.15, -0.1) is 0 Å². The number of amides is 2. The fourth-order valence-corrected chi connectivity index (χ4v) is 3.42. The van der Waals surface area contributed by atoms with Crippen molar-refractivity contribution in [2.45, 2.75) is 51.4 Å². The van der Waals surface area contributed by atoms with Crippen molar-refractivity contribution < 1.29 is 9.53 Å². The molecule has 2 rings (SSSR count). The fraction of sp³-hybridized carbons (Fsp3) is 0.941. The SMILES string of the molecule is O=C(NCCCCN1CCOCC1)NCCC1CCCCC1. The van der Waals surface area contributed by atoms with Crippen molar-refractivity contribution >= 4 is 6.03 Å². The number of ether oxygens (including phenoxy) is 1. The molecule has 0 aromatic rings. The first-order valence-corrected chi connectivity index (χ1v) is 9.16. The second-order valence-electron chi connectivity index (χ2n) is 6.64. The predicted molar refractivity (Wildman–Crippen MR) is 89.1 cm³/mol. The zero-order valence-electron chi connectivity index (χ0n) is 13.9. The molecular formula is C17H33N3O2. The Hall–Kier alpha value is -0.810. The molecule has 0 spiro atoms. The van der Waals surface area contributed by atoms with Gasteiger partial charge in [0.2, 0.25) is 0 Å². The molecule has 2 amide bonds. The van der Waals surface area contributed by atoms with Crippen LogP contribution in [0.2, 0.25) is 0 Å². The molecule has 1 aliphatic carbocycles. The van der Waals surface area contributed by atoms with Crippen LogP contribution in [-0.4, -0.2) is 56.9 Å². The van der Waals surface area contributed by atoms with Gasteiger partial charge in [-0.05, 0) is 31.7 Å². The van der Waals surface area contributed by atoms with Crippen molar-refractivity contribution in [3.63, 3.8) is 0 Å². The summed E-state index contributed by atoms with van der Waals surface area (Å²) in [4.78, 5) is 14.1. The number of urea groups is 1. The highest BCUT2D eigenvalue weighted by molar-refractivity contribution is 5.73. The Morgan fingerprint density at radius 2 is 1.73 bits per heavy atom. The van der Waals surface area contributed by atoms with Crippen LogP contribution in [0.4, 0.5) is 4.79 Å². The summed E-state index contributed by atoms with van der Waals surface area (Å²) in [5.41, 5.74) is 0. The lowest BCUT2D eigenvalue weighted by atomic mass is 9.87. The van der Waals surface area contributed by atoms with E-state index >= 15 is 0 Å². The Morgan fingerprint density at radius 3 is 2.50 bits per heavy atom. The van der Waals surface area contributed by atoms with E-state index in [1.54, 1.807) is 0 Å². The number of unbranched alkanes of at least 4 members (excludes halogenated alkanes) is 1. The molecule has 22 heavy (non-hydrogen) atoms. The normalized spacial score (nSPS) is 20.7. The van der Waals surface area contributed by atoms with Gasteiger partial charge < -0.3 is 15.4 Å². The molecule has 0 unspecified atom stereocenters. The van der Waals surface area contributed by atoms with Gasteiger partial charge in [0.05, 0.1) is 13.2 Å². The van der Waals surface area contributed by atoms with Crippen LogP contribution < -0.4 is 10.6 Å². The molecule has 0 aromatic carbocycles. The number of carbonyl (C=O) groups excluding carboxylic acids is 1. The molecule has 2 aliphatic rings. The molecule has 0 bridgehead atoms. The topological polar surface area (TPSA) is 53.6 Å². The number of morpholine rings is 1. The number of rotatable bonds is 8. The molecule has 1 heterocycles. The van der Waals surface area contributed by atoms with Gasteiger partial charge >= 0.3 is 6.03 Å². The molecule has 1 aliphatic heterocycles. The summed E-state index contributed by atoms with van der Waals surface area (Å²) in [7, 11) is 0. The van der Waals surface area contributed by atoms with Crippen LogP contribution in [0, 0.1) is 5.92 Å². The van der Waals surface area contributed by atoms with Crippen LogP contribution in [0.15, 0.2) is 0 Å². The highest BCUT2D eigenvalue weighted by Gasteiger charge is 2.13. The Morgan fingerprint density at radius 1 is 1.00 bits per heavy atom. The molecule has 0 radical (unpaired) electrons. The Balaban J connectivity index is 1.39. The van der Waals surface area contributed by atoms with E-state index < -0.39 is 0 Å². The quantitative estimate of drug-likeness (QED) is 0.677. The summed E-state index contributed by atoms with van der Waals surface area (Å²) in [6.07, 6.45) is 10.2. The van der Waals surface area contributed by atoms with Crippen LogP contribution in [-0.2, 0) is 4.74 Å². The fourth-order valence-electron chi connectivity index (χ4n) is 3.42. The lowest BCUT2D eigenvalue weighted by Crippen LogP contribution is -2.38. The van der Waals surface area contributed by atoms with Crippen LogP contribution in [0.3, 0.4) is 0 Å². The number of carbonyl (C=O) groups is 1. The lowest BCUT2D eigenvalue weighted by Gasteiger charge is -2.26. The second kappa shape index (κ2) is 10.8. The Bertz CT molecular complexity index is 300. The Kier molecular flexibility index (Phi) is 8.64. The summed E-state index contributed by atoms with van der Waals surface area (Å²) in [5.74, 6) is 0.836. The van der Waals surface area contributed by atoms with Gasteiger partial charge in [-0.1, -0.05) is 32.1 Å². The smallest absolute Gasteiger partial charge is 0.314 e. The summed E-state index contributed by atoms with van der Waals surface area (Å²) >= 11 is 0. The highest BCUT2D eigenvalue weighted by Crippen LogP contribution is 2.25. The van der Waals surface area contributed by atoms with E-state index in [-0.39, 0.29) is 6.03 Å². The van der Waals surface area contributed by atoms with Gasteiger partial charge in [0.25, 0.3) is 0 Å². The largest absolute Gasteiger partial charge is 0.379 e. The molecule has 5 heteroatoms. The van der Waals surface area contributed by atoms with Crippen LogP contribution >= 0.6 is 0 Å². The number of nitrogens with zero attached hydrogens (tertiary/aromatic N) is 1. The molecule has 5 nitrogen and oxygen atoms in total. The molecular weight excluding hydrogens is 278 g/mol. The van der Waals surface area contributed by atoms with Gasteiger partial charge in [-0.2, -0.15) is 0 Å². The zero-order valence-corrected chi connectivity index (χ0v) is 13.9.